The Balaban J connectivity index is 0.000000260. The van der Waals surface area contributed by atoms with E-state index in [1.807, 2.05) is 49.6 Å². The second kappa shape index (κ2) is 13.6. The molecule has 1 aliphatic rings. The van der Waals surface area contributed by atoms with Crippen molar-refractivity contribution in [3.8, 4) is 22.5 Å². The normalized spacial score (nSPS) is 13.0. The van der Waals surface area contributed by atoms with Gasteiger partial charge in [-0.25, -0.2) is 0 Å². The van der Waals surface area contributed by atoms with Gasteiger partial charge in [-0.1, -0.05) is 54.4 Å². The quantitative estimate of drug-likeness (QED) is 0.101. The van der Waals surface area contributed by atoms with Gasteiger partial charge in [-0.2, -0.15) is 4.58 Å². The summed E-state index contributed by atoms with van der Waals surface area (Å²) in [5.74, 6) is 0. The Kier molecular flexibility index (Phi) is 9.98. The van der Waals surface area contributed by atoms with Crippen LogP contribution < -0.4 is 5.19 Å². The van der Waals surface area contributed by atoms with Crippen LogP contribution in [0.15, 0.2) is 89.1 Å². The first kappa shape index (κ1) is 34.4. The van der Waals surface area contributed by atoms with Crippen LogP contribution in [0.3, 0.4) is 0 Å². The van der Waals surface area contributed by atoms with Crippen LogP contribution in [0.2, 0.25) is 19.6 Å². The number of hydrogen-bond donors (Lipinski definition) is 0. The van der Waals surface area contributed by atoms with E-state index >= 15 is 0 Å². The van der Waals surface area contributed by atoms with Gasteiger partial charge >= 0.3 is 0 Å². The van der Waals surface area contributed by atoms with Gasteiger partial charge in [-0.05, 0) is 63.6 Å². The molecule has 0 fully saturated rings. The smallest absolute Gasteiger partial charge is 0.205 e. The second-order valence-corrected chi connectivity index (χ2v) is 18.7. The first-order valence-electron chi connectivity index (χ1n) is 15.9. The van der Waals surface area contributed by atoms with Crippen LogP contribution >= 0.6 is 0 Å². The third kappa shape index (κ3) is 6.87. The standard InChI is InChI=1S/C29H32N2OSi.C12H10N.Ir/c1-17-9-11-24-23(14-17)26-25(33(6,7)8)12-10-22(29(26)32-24)27-21(5)28(19(3)15-30-27)31-16-18(2)13-20(31)4;1-10-7-8-12(13-9-10)11-5-3-2-4-6-11;/h9,11-15H,16H2,1-8H3;2-5,7-9H,1H3;/q;-1;. The Morgan fingerprint density at radius 3 is 2.26 bits per heavy atom. The number of aryl methyl sites for hydroxylation is 3. The Hall–Kier alpha value is -3.96. The van der Waals surface area contributed by atoms with Crippen LogP contribution in [-0.4, -0.2) is 34.9 Å². The van der Waals surface area contributed by atoms with Crippen LogP contribution in [0.4, 0.5) is 5.69 Å². The molecule has 0 spiro atoms. The molecule has 0 N–H and O–H groups in total. The Morgan fingerprint density at radius 2 is 1.62 bits per heavy atom. The average Bonchev–Trinajstić information content (AvgIpc) is 3.56. The molecule has 6 aromatic rings. The summed E-state index contributed by atoms with van der Waals surface area (Å²) in [6.45, 7) is 21.0. The molecule has 0 atom stereocenters. The number of pyridine rings is 2. The molecule has 241 valence electrons. The molecule has 0 amide bonds. The van der Waals surface area contributed by atoms with Crippen molar-refractivity contribution < 1.29 is 29.1 Å². The fourth-order valence-corrected chi connectivity index (χ4v) is 7.89. The molecule has 0 aliphatic carbocycles. The molecule has 4 nitrogen and oxygen atoms in total. The van der Waals surface area contributed by atoms with E-state index in [0.29, 0.717) is 0 Å². The zero-order valence-electron chi connectivity index (χ0n) is 28.8. The van der Waals surface area contributed by atoms with Crippen molar-refractivity contribution in [1.82, 2.24) is 9.97 Å². The van der Waals surface area contributed by atoms with E-state index in [1.54, 1.807) is 0 Å². The van der Waals surface area contributed by atoms with E-state index < -0.39 is 8.07 Å². The summed E-state index contributed by atoms with van der Waals surface area (Å²) in [5.41, 5.74) is 14.5. The van der Waals surface area contributed by atoms with Gasteiger partial charge in [0, 0.05) is 75.8 Å². The molecule has 0 bridgehead atoms. The molecule has 1 radical (unpaired) electrons. The Morgan fingerprint density at radius 1 is 0.851 bits per heavy atom. The van der Waals surface area contributed by atoms with Crippen molar-refractivity contribution in [2.45, 2.75) is 61.2 Å². The van der Waals surface area contributed by atoms with Gasteiger partial charge in [0.05, 0.1) is 5.58 Å². The zero-order valence-corrected chi connectivity index (χ0v) is 32.2. The third-order valence-corrected chi connectivity index (χ3v) is 10.7. The number of rotatable bonds is 4. The zero-order chi connectivity index (χ0) is 32.7. The molecule has 7 rings (SSSR count). The van der Waals surface area contributed by atoms with Crippen molar-refractivity contribution in [2.24, 2.45) is 0 Å². The second-order valence-electron chi connectivity index (χ2n) is 13.6. The van der Waals surface area contributed by atoms with Gasteiger partial charge < -0.3 is 14.4 Å². The van der Waals surface area contributed by atoms with Crippen molar-refractivity contribution in [1.29, 1.82) is 0 Å². The van der Waals surface area contributed by atoms with Gasteiger partial charge in [-0.3, -0.25) is 0 Å². The van der Waals surface area contributed by atoms with Crippen molar-refractivity contribution in [3.05, 3.63) is 119 Å². The Bertz CT molecular complexity index is 2150. The minimum absolute atomic E-state index is 0. The predicted molar refractivity (Wildman–Crippen MR) is 195 cm³/mol. The minimum atomic E-state index is -1.62. The van der Waals surface area contributed by atoms with Gasteiger partial charge in [0.25, 0.3) is 0 Å². The number of benzene rings is 3. The Labute approximate surface area is 293 Å². The maximum absolute atomic E-state index is 6.54. The average molecular weight is 813 g/mol. The van der Waals surface area contributed by atoms with E-state index in [-0.39, 0.29) is 20.1 Å². The van der Waals surface area contributed by atoms with Gasteiger partial charge in [0.15, 0.2) is 12.3 Å². The predicted octanol–water partition coefficient (Wildman–Crippen LogP) is 9.84. The summed E-state index contributed by atoms with van der Waals surface area (Å²) in [6, 6.07) is 27.4. The monoisotopic (exact) mass is 813 g/mol. The van der Waals surface area contributed by atoms with E-state index in [4.69, 9.17) is 9.40 Å². The fraction of sp³-hybridized carbons (Fsp3) is 0.244. The molecule has 4 heterocycles. The first-order chi connectivity index (χ1) is 21.9. The molecular weight excluding hydrogens is 771 g/mol. The number of fused-ring (bicyclic) bond motifs is 3. The van der Waals surface area contributed by atoms with Crippen LogP contribution in [0, 0.1) is 39.8 Å². The van der Waals surface area contributed by atoms with Crippen LogP contribution in [-0.2, 0) is 20.1 Å². The summed E-state index contributed by atoms with van der Waals surface area (Å²) in [4.78, 5) is 9.24. The van der Waals surface area contributed by atoms with E-state index in [2.05, 4.69) is 112 Å². The molecule has 6 heteroatoms. The summed E-state index contributed by atoms with van der Waals surface area (Å²) in [5, 5.41) is 3.83. The van der Waals surface area contributed by atoms with Gasteiger partial charge in [0.1, 0.15) is 5.58 Å². The van der Waals surface area contributed by atoms with Crippen LogP contribution in [0.25, 0.3) is 44.5 Å². The van der Waals surface area contributed by atoms with Gasteiger partial charge in [0.2, 0.25) is 5.69 Å². The van der Waals surface area contributed by atoms with Crippen molar-refractivity contribution >= 4 is 46.6 Å². The largest absolute Gasteiger partial charge is 0.501 e. The molecule has 3 aromatic carbocycles. The van der Waals surface area contributed by atoms with Crippen LogP contribution in [0.5, 0.6) is 0 Å². The number of furan rings is 1. The SMILES string of the molecule is CC1=CC(C)=[N+](c2c(C)cnc(-c3[c-]cc([Si](C)(C)C)c4c3oc3ccc(C)cc34)c2C)C1.Cc1ccc(-c2[c-]cccc2)nc1.[Ir]. The molecule has 1 aliphatic heterocycles. The van der Waals surface area contributed by atoms with Crippen LogP contribution in [0.1, 0.15) is 36.1 Å². The molecular formula is C41H42IrN3OSi-. The number of hydrogen-bond acceptors (Lipinski definition) is 3. The summed E-state index contributed by atoms with van der Waals surface area (Å²) >= 11 is 0. The summed E-state index contributed by atoms with van der Waals surface area (Å²) < 4.78 is 8.94. The molecule has 0 unspecified atom stereocenters. The van der Waals surface area contributed by atoms with E-state index in [9.17, 15) is 0 Å². The number of aromatic nitrogens is 2. The van der Waals surface area contributed by atoms with E-state index in [0.717, 1.165) is 40.2 Å². The fourth-order valence-electron chi connectivity index (χ4n) is 6.39. The maximum Gasteiger partial charge on any atom is 0.205 e. The molecule has 47 heavy (non-hydrogen) atoms. The summed E-state index contributed by atoms with van der Waals surface area (Å²) in [6.07, 6.45) is 6.14. The maximum atomic E-state index is 6.54. The number of allylic oxidation sites excluding steroid dienone is 1. The number of nitrogens with zero attached hydrogens (tertiary/aromatic N) is 3. The van der Waals surface area contributed by atoms with Crippen molar-refractivity contribution in [3.63, 3.8) is 0 Å². The first-order valence-corrected chi connectivity index (χ1v) is 19.4. The molecule has 0 saturated carbocycles. The summed E-state index contributed by atoms with van der Waals surface area (Å²) in [7, 11) is -1.62. The third-order valence-electron chi connectivity index (χ3n) is 8.67. The van der Waals surface area contributed by atoms with Crippen molar-refractivity contribution in [2.75, 3.05) is 6.54 Å². The minimum Gasteiger partial charge on any atom is -0.501 e. The molecule has 3 aromatic heterocycles. The topological polar surface area (TPSA) is 41.9 Å². The van der Waals surface area contributed by atoms with E-state index in [1.165, 1.54) is 55.2 Å². The van der Waals surface area contributed by atoms with Gasteiger partial charge in [-0.15, -0.1) is 53.2 Å². The molecule has 0 saturated heterocycles.